The van der Waals surface area contributed by atoms with Gasteiger partial charge in [0.1, 0.15) is 5.02 Å². The Morgan fingerprint density at radius 1 is 1.33 bits per heavy atom. The van der Waals surface area contributed by atoms with Crippen LogP contribution in [-0.4, -0.2) is 6.61 Å². The van der Waals surface area contributed by atoms with Crippen LogP contribution in [0.25, 0.3) is 0 Å². The first-order valence-electron chi connectivity index (χ1n) is 5.27. The van der Waals surface area contributed by atoms with Crippen molar-refractivity contribution in [3.63, 3.8) is 0 Å². The summed E-state index contributed by atoms with van der Waals surface area (Å²) < 4.78 is 19.1. The molecule has 0 spiro atoms. The number of anilines is 2. The lowest BCUT2D eigenvalue weighted by Gasteiger charge is -2.11. The molecule has 0 aliphatic heterocycles. The maximum absolute atomic E-state index is 13.8. The smallest absolute Gasteiger partial charge is 0.187 e. The third-order valence-corrected chi connectivity index (χ3v) is 3.71. The van der Waals surface area contributed by atoms with E-state index in [9.17, 15) is 4.39 Å². The summed E-state index contributed by atoms with van der Waals surface area (Å²) in [5.41, 5.74) is 11.4. The Bertz CT molecular complexity index is 546. The number of hydrogen-bond acceptors (Lipinski definition) is 4. The van der Waals surface area contributed by atoms with Crippen LogP contribution in [0.3, 0.4) is 0 Å². The maximum Gasteiger partial charge on any atom is 0.187 e. The summed E-state index contributed by atoms with van der Waals surface area (Å²) in [5.74, 6) is -0.744. The van der Waals surface area contributed by atoms with Crippen LogP contribution in [0, 0.1) is 5.82 Å². The highest BCUT2D eigenvalue weighted by atomic mass is 35.5. The van der Waals surface area contributed by atoms with Crippen molar-refractivity contribution in [2.24, 2.45) is 0 Å². The predicted molar refractivity (Wildman–Crippen MR) is 73.8 cm³/mol. The lowest BCUT2D eigenvalue weighted by Crippen LogP contribution is -2.06. The Morgan fingerprint density at radius 3 is 2.78 bits per heavy atom. The number of hydrogen-bond donors (Lipinski definition) is 2. The van der Waals surface area contributed by atoms with Crippen LogP contribution < -0.4 is 16.2 Å². The fraction of sp³-hybridized carbons (Fsp3) is 0.167. The zero-order valence-electron chi connectivity index (χ0n) is 9.45. The summed E-state index contributed by atoms with van der Waals surface area (Å²) in [6.45, 7) is 0.335. The van der Waals surface area contributed by atoms with E-state index in [1.807, 2.05) is 17.5 Å². The van der Waals surface area contributed by atoms with Gasteiger partial charge in [-0.15, -0.1) is 11.3 Å². The van der Waals surface area contributed by atoms with Gasteiger partial charge in [0.15, 0.2) is 11.6 Å². The molecule has 4 N–H and O–H groups in total. The van der Waals surface area contributed by atoms with Gasteiger partial charge in [-0.25, -0.2) is 4.39 Å². The summed E-state index contributed by atoms with van der Waals surface area (Å²) >= 11 is 7.32. The molecule has 0 saturated heterocycles. The van der Waals surface area contributed by atoms with Crippen LogP contribution in [0.1, 0.15) is 4.88 Å². The molecule has 1 heterocycles. The van der Waals surface area contributed by atoms with E-state index in [0.29, 0.717) is 13.0 Å². The van der Waals surface area contributed by atoms with E-state index >= 15 is 0 Å². The summed E-state index contributed by atoms with van der Waals surface area (Å²) in [6.07, 6.45) is 0.693. The van der Waals surface area contributed by atoms with E-state index in [1.54, 1.807) is 11.3 Å². The molecule has 6 heteroatoms. The minimum atomic E-state index is -0.708. The third kappa shape index (κ3) is 2.68. The van der Waals surface area contributed by atoms with Gasteiger partial charge in [0.25, 0.3) is 0 Å². The highest BCUT2D eigenvalue weighted by Gasteiger charge is 2.15. The summed E-state index contributed by atoms with van der Waals surface area (Å²) in [7, 11) is 0. The molecule has 0 aliphatic rings. The quantitative estimate of drug-likeness (QED) is 0.848. The third-order valence-electron chi connectivity index (χ3n) is 2.39. The van der Waals surface area contributed by atoms with Crippen molar-refractivity contribution in [3.8, 4) is 5.75 Å². The monoisotopic (exact) mass is 286 g/mol. The number of rotatable bonds is 4. The molecule has 3 nitrogen and oxygen atoms in total. The second-order valence-electron chi connectivity index (χ2n) is 3.69. The predicted octanol–water partition coefficient (Wildman–Crippen LogP) is 3.33. The molecule has 1 aromatic heterocycles. The van der Waals surface area contributed by atoms with E-state index < -0.39 is 5.82 Å². The fourth-order valence-corrected chi connectivity index (χ4v) is 2.34. The van der Waals surface area contributed by atoms with E-state index in [1.165, 1.54) is 6.07 Å². The molecular weight excluding hydrogens is 275 g/mol. The van der Waals surface area contributed by atoms with Crippen LogP contribution in [0.4, 0.5) is 15.8 Å². The first kappa shape index (κ1) is 13.0. The van der Waals surface area contributed by atoms with E-state index in [-0.39, 0.29) is 22.1 Å². The lowest BCUT2D eigenvalue weighted by molar-refractivity contribution is 0.308. The van der Waals surface area contributed by atoms with Crippen molar-refractivity contribution in [1.29, 1.82) is 0 Å². The zero-order valence-corrected chi connectivity index (χ0v) is 11.0. The number of thiophene rings is 1. The molecule has 1 aromatic carbocycles. The minimum Gasteiger partial charge on any atom is -0.488 e. The van der Waals surface area contributed by atoms with Gasteiger partial charge in [0, 0.05) is 11.3 Å². The summed E-state index contributed by atoms with van der Waals surface area (Å²) in [5, 5.41) is 1.82. The van der Waals surface area contributed by atoms with Crippen molar-refractivity contribution in [2.45, 2.75) is 6.42 Å². The van der Waals surface area contributed by atoms with Gasteiger partial charge in [-0.05, 0) is 17.5 Å². The second kappa shape index (κ2) is 5.46. The topological polar surface area (TPSA) is 61.3 Å². The van der Waals surface area contributed by atoms with Crippen LogP contribution in [-0.2, 0) is 6.42 Å². The number of ether oxygens (including phenoxy) is 1. The molecule has 0 saturated carbocycles. The van der Waals surface area contributed by atoms with Crippen molar-refractivity contribution in [1.82, 2.24) is 0 Å². The molecule has 0 amide bonds. The van der Waals surface area contributed by atoms with Gasteiger partial charge in [0.05, 0.1) is 18.0 Å². The first-order valence-corrected chi connectivity index (χ1v) is 6.53. The van der Waals surface area contributed by atoms with Crippen molar-refractivity contribution in [3.05, 3.63) is 39.3 Å². The van der Waals surface area contributed by atoms with Gasteiger partial charge in [-0.2, -0.15) is 0 Å². The van der Waals surface area contributed by atoms with E-state index in [2.05, 4.69) is 0 Å². The molecule has 0 bridgehead atoms. The van der Waals surface area contributed by atoms with Crippen molar-refractivity contribution >= 4 is 34.3 Å². The second-order valence-corrected chi connectivity index (χ2v) is 5.10. The lowest BCUT2D eigenvalue weighted by atomic mass is 10.2. The van der Waals surface area contributed by atoms with Gasteiger partial charge >= 0.3 is 0 Å². The Kier molecular flexibility index (Phi) is 3.93. The van der Waals surface area contributed by atoms with Crippen LogP contribution >= 0.6 is 22.9 Å². The van der Waals surface area contributed by atoms with Gasteiger partial charge < -0.3 is 16.2 Å². The minimum absolute atomic E-state index is 0.0363. The number of halogens is 2. The molecule has 18 heavy (non-hydrogen) atoms. The van der Waals surface area contributed by atoms with Gasteiger partial charge in [-0.1, -0.05) is 17.7 Å². The van der Waals surface area contributed by atoms with E-state index in [4.69, 9.17) is 27.8 Å². The van der Waals surface area contributed by atoms with Crippen molar-refractivity contribution in [2.75, 3.05) is 18.1 Å². The molecule has 0 atom stereocenters. The summed E-state index contributed by atoms with van der Waals surface area (Å²) in [6, 6.07) is 5.34. The Balaban J connectivity index is 2.07. The Morgan fingerprint density at radius 2 is 2.11 bits per heavy atom. The Hall–Kier alpha value is -1.46. The number of benzene rings is 1. The number of nitrogen functional groups attached to an aromatic ring is 2. The maximum atomic E-state index is 13.8. The molecule has 0 aliphatic carbocycles. The molecular formula is C12H12ClFN2OS. The molecule has 0 unspecified atom stereocenters. The molecule has 96 valence electrons. The van der Waals surface area contributed by atoms with Gasteiger partial charge in [-0.3, -0.25) is 0 Å². The first-order chi connectivity index (χ1) is 8.59. The van der Waals surface area contributed by atoms with Crippen molar-refractivity contribution < 1.29 is 9.13 Å². The zero-order chi connectivity index (χ0) is 13.1. The average molecular weight is 287 g/mol. The molecule has 0 fully saturated rings. The highest BCUT2D eigenvalue weighted by Crippen LogP contribution is 2.35. The van der Waals surface area contributed by atoms with Crippen LogP contribution in [0.15, 0.2) is 23.6 Å². The van der Waals surface area contributed by atoms with Gasteiger partial charge in [0.2, 0.25) is 0 Å². The molecule has 0 radical (unpaired) electrons. The molecule has 2 rings (SSSR count). The number of nitrogens with two attached hydrogens (primary N) is 2. The normalized spacial score (nSPS) is 10.6. The average Bonchev–Trinajstić information content (AvgIpc) is 2.84. The largest absolute Gasteiger partial charge is 0.488 e. The highest BCUT2D eigenvalue weighted by molar-refractivity contribution is 7.09. The fourth-order valence-electron chi connectivity index (χ4n) is 1.50. The van der Waals surface area contributed by atoms with E-state index in [0.717, 1.165) is 4.88 Å². The SMILES string of the molecule is Nc1cc(N)c(OCCc2cccs2)c(F)c1Cl. The van der Waals surface area contributed by atoms with Crippen LogP contribution in [0.2, 0.25) is 5.02 Å². The Labute approximate surface area is 113 Å². The summed E-state index contributed by atoms with van der Waals surface area (Å²) in [4.78, 5) is 1.16. The molecule has 2 aromatic rings. The standard InChI is InChI=1S/C12H12ClFN2OS/c13-10-8(15)6-9(16)12(11(10)14)17-4-3-7-2-1-5-18-7/h1-2,5-6H,3-4,15-16H2. The van der Waals surface area contributed by atoms with Crippen LogP contribution in [0.5, 0.6) is 5.75 Å².